The van der Waals surface area contributed by atoms with Crippen molar-refractivity contribution in [2.45, 2.75) is 69.1 Å². The smallest absolute Gasteiger partial charge is 0.493 e. The first-order valence-corrected chi connectivity index (χ1v) is 13.8. The molecule has 0 spiro atoms. The minimum absolute atomic E-state index is 0.0252. The van der Waals surface area contributed by atoms with Crippen molar-refractivity contribution in [3.63, 3.8) is 0 Å². The van der Waals surface area contributed by atoms with Crippen LogP contribution in [0.2, 0.25) is 0 Å². The van der Waals surface area contributed by atoms with Gasteiger partial charge in [-0.25, -0.2) is 0 Å². The first-order chi connectivity index (χ1) is 18.3. The van der Waals surface area contributed by atoms with Crippen LogP contribution in [0.4, 0.5) is 26.3 Å². The van der Waals surface area contributed by atoms with Crippen molar-refractivity contribution in [1.29, 1.82) is 0 Å². The van der Waals surface area contributed by atoms with E-state index in [9.17, 15) is 34.8 Å². The highest BCUT2D eigenvalue weighted by molar-refractivity contribution is 7.91. The van der Waals surface area contributed by atoms with Crippen LogP contribution in [0.1, 0.15) is 68.9 Å². The molecule has 0 amide bonds. The van der Waals surface area contributed by atoms with E-state index in [0.29, 0.717) is 18.8 Å². The normalized spacial score (nSPS) is 20.0. The van der Waals surface area contributed by atoms with E-state index in [-0.39, 0.29) is 42.6 Å². The lowest BCUT2D eigenvalue weighted by molar-refractivity contribution is -0.138. The van der Waals surface area contributed by atoms with Gasteiger partial charge >= 0.3 is 21.7 Å². The molecule has 1 saturated carbocycles. The zero-order chi connectivity index (χ0) is 28.4. The van der Waals surface area contributed by atoms with Gasteiger partial charge in [-0.15, -0.1) is 4.40 Å². The Labute approximate surface area is 220 Å². The highest BCUT2D eigenvalue weighted by Gasteiger charge is 2.47. The molecule has 1 aromatic heterocycles. The van der Waals surface area contributed by atoms with Gasteiger partial charge in [0.15, 0.2) is 0 Å². The van der Waals surface area contributed by atoms with E-state index in [2.05, 4.69) is 14.5 Å². The monoisotopic (exact) mass is 583 g/mol. The van der Waals surface area contributed by atoms with Gasteiger partial charge < -0.3 is 19.9 Å². The van der Waals surface area contributed by atoms with Crippen molar-refractivity contribution < 1.29 is 44.0 Å². The van der Waals surface area contributed by atoms with Gasteiger partial charge in [0.05, 0.1) is 12.2 Å². The summed E-state index contributed by atoms with van der Waals surface area (Å²) in [5.41, 5.74) is -1.12. The maximum Gasteiger partial charge on any atom is 0.518 e. The van der Waals surface area contributed by atoms with Crippen LogP contribution in [0.3, 0.4) is 0 Å². The lowest BCUT2D eigenvalue weighted by Gasteiger charge is -2.22. The number of aromatic nitrogens is 2. The van der Waals surface area contributed by atoms with Crippen LogP contribution in [0.5, 0.6) is 5.75 Å². The van der Waals surface area contributed by atoms with Gasteiger partial charge in [0.1, 0.15) is 11.8 Å². The summed E-state index contributed by atoms with van der Waals surface area (Å²) in [6.45, 7) is 0.209. The maximum absolute atomic E-state index is 13.8. The third-order valence-corrected chi connectivity index (χ3v) is 7.84. The average molecular weight is 584 g/mol. The van der Waals surface area contributed by atoms with E-state index in [1.807, 2.05) is 0 Å². The molecule has 2 heterocycles. The molecule has 2 aliphatic rings. The van der Waals surface area contributed by atoms with Crippen molar-refractivity contribution in [1.82, 2.24) is 15.0 Å². The molecule has 4 rings (SSSR count). The van der Waals surface area contributed by atoms with E-state index in [4.69, 9.17) is 15.0 Å². The molecule has 1 atom stereocenters. The van der Waals surface area contributed by atoms with Gasteiger partial charge in [-0.2, -0.15) is 39.7 Å². The summed E-state index contributed by atoms with van der Waals surface area (Å²) in [5.74, 6) is -1.15. The number of ether oxygens (including phenoxy) is 1. The summed E-state index contributed by atoms with van der Waals surface area (Å²) in [7, 11) is -5.88. The second-order valence-corrected chi connectivity index (χ2v) is 11.1. The molecule has 0 unspecified atom stereocenters. The van der Waals surface area contributed by atoms with Crippen molar-refractivity contribution in [2.24, 2.45) is 16.0 Å². The van der Waals surface area contributed by atoms with Gasteiger partial charge in [0.2, 0.25) is 17.7 Å². The topological polar surface area (TPSA) is 124 Å². The third kappa shape index (κ3) is 6.76. The molecule has 2 fully saturated rings. The van der Waals surface area contributed by atoms with Crippen molar-refractivity contribution in [3.05, 3.63) is 29.7 Å². The van der Waals surface area contributed by atoms with Crippen LogP contribution in [-0.4, -0.2) is 48.1 Å². The van der Waals surface area contributed by atoms with Gasteiger partial charge in [-0.3, -0.25) is 0 Å². The molecule has 9 nitrogen and oxygen atoms in total. The molecule has 1 aromatic carbocycles. The largest absolute Gasteiger partial charge is 0.518 e. The number of hydrogen-bond donors (Lipinski definition) is 1. The van der Waals surface area contributed by atoms with E-state index in [0.717, 1.165) is 36.6 Å². The number of nitrogens with two attached hydrogens (primary N) is 1. The molecule has 39 heavy (non-hydrogen) atoms. The zero-order valence-electron chi connectivity index (χ0n) is 20.6. The molecule has 2 aromatic rings. The number of sulfonamides is 1. The van der Waals surface area contributed by atoms with Crippen LogP contribution in [-0.2, 0) is 16.2 Å². The second-order valence-electron chi connectivity index (χ2n) is 9.53. The number of benzene rings is 1. The standard InChI is InChI=1S/C23H27F6N5O4S/c24-22(25,26)16-13-15(8-9-18(16)37-12-10-14-5-2-1-3-6-14)19-31-20(38-32-19)17-7-4-11-34(17)21(30)33-39(35,36)23(27,28)29/h8-9,13-14,17H,1-7,10-12H2,(H2,30,33)/t17-/m0/s1. The van der Waals surface area contributed by atoms with Crippen molar-refractivity contribution in [3.8, 4) is 17.1 Å². The molecule has 2 N–H and O–H groups in total. The summed E-state index contributed by atoms with van der Waals surface area (Å²) in [5, 5.41) is 3.71. The van der Waals surface area contributed by atoms with Gasteiger partial charge in [-0.1, -0.05) is 37.3 Å². The Morgan fingerprint density at radius 2 is 1.82 bits per heavy atom. The predicted molar refractivity (Wildman–Crippen MR) is 127 cm³/mol. The van der Waals surface area contributed by atoms with Gasteiger partial charge in [0.25, 0.3) is 0 Å². The number of guanidine groups is 1. The summed E-state index contributed by atoms with van der Waals surface area (Å²) in [4.78, 5) is 5.17. The highest BCUT2D eigenvalue weighted by atomic mass is 32.2. The zero-order valence-corrected chi connectivity index (χ0v) is 21.4. The SMILES string of the molecule is N/C(=N/S(=O)(=O)C(F)(F)F)N1CCC[C@H]1c1nc(-c2ccc(OCCC3CCCCC3)c(C(F)(F)F)c2)no1. The Bertz CT molecular complexity index is 1290. The lowest BCUT2D eigenvalue weighted by Crippen LogP contribution is -2.38. The van der Waals surface area contributed by atoms with Crippen LogP contribution in [0.25, 0.3) is 11.4 Å². The lowest BCUT2D eigenvalue weighted by atomic mass is 9.87. The number of hydrogen-bond acceptors (Lipinski definition) is 6. The first-order valence-electron chi connectivity index (χ1n) is 12.4. The molecule has 16 heteroatoms. The van der Waals surface area contributed by atoms with E-state index in [1.54, 1.807) is 0 Å². The average Bonchev–Trinajstić information content (AvgIpc) is 3.53. The number of nitrogens with zero attached hydrogens (tertiary/aromatic N) is 4. The number of likely N-dealkylation sites (tertiary alicyclic amines) is 1. The molecule has 1 aliphatic heterocycles. The number of rotatable bonds is 7. The molecular weight excluding hydrogens is 556 g/mol. The van der Waals surface area contributed by atoms with E-state index in [1.165, 1.54) is 18.6 Å². The first kappa shape index (κ1) is 29.0. The summed E-state index contributed by atoms with van der Waals surface area (Å²) in [6, 6.07) is 2.45. The quantitative estimate of drug-likeness (QED) is 0.261. The Balaban J connectivity index is 1.52. The fraction of sp³-hybridized carbons (Fsp3) is 0.609. The Morgan fingerprint density at radius 1 is 1.10 bits per heavy atom. The summed E-state index contributed by atoms with van der Waals surface area (Å²) < 4.78 is 116. The van der Waals surface area contributed by atoms with Gasteiger partial charge in [-0.05, 0) is 43.4 Å². The molecule has 0 radical (unpaired) electrons. The van der Waals surface area contributed by atoms with Crippen LogP contribution < -0.4 is 10.5 Å². The molecule has 1 aliphatic carbocycles. The Hall–Kier alpha value is -3.04. The number of alkyl halides is 6. The van der Waals surface area contributed by atoms with Gasteiger partial charge in [0, 0.05) is 12.1 Å². The molecule has 0 bridgehead atoms. The maximum atomic E-state index is 13.8. The minimum Gasteiger partial charge on any atom is -0.493 e. The number of halogens is 6. The fourth-order valence-electron chi connectivity index (χ4n) is 4.84. The molecule has 1 saturated heterocycles. The van der Waals surface area contributed by atoms with Crippen molar-refractivity contribution >= 4 is 16.0 Å². The van der Waals surface area contributed by atoms with Crippen LogP contribution >= 0.6 is 0 Å². The fourth-order valence-corrected chi connectivity index (χ4v) is 5.30. The van der Waals surface area contributed by atoms with E-state index < -0.39 is 39.3 Å². The van der Waals surface area contributed by atoms with Crippen molar-refractivity contribution in [2.75, 3.05) is 13.2 Å². The van der Waals surface area contributed by atoms with E-state index >= 15 is 0 Å². The second kappa shape index (κ2) is 11.2. The summed E-state index contributed by atoms with van der Waals surface area (Å²) >= 11 is 0. The Morgan fingerprint density at radius 3 is 2.49 bits per heavy atom. The third-order valence-electron chi connectivity index (χ3n) is 6.83. The minimum atomic E-state index is -5.88. The highest BCUT2D eigenvalue weighted by Crippen LogP contribution is 2.39. The summed E-state index contributed by atoms with van der Waals surface area (Å²) in [6.07, 6.45) is 2.08. The molecular formula is C23H27F6N5O4S. The van der Waals surface area contributed by atoms with Crippen LogP contribution in [0.15, 0.2) is 27.1 Å². The predicted octanol–water partition coefficient (Wildman–Crippen LogP) is 5.41. The molecule has 216 valence electrons. The Kier molecular flexibility index (Phi) is 8.33. The van der Waals surface area contributed by atoms with Crippen LogP contribution in [0, 0.1) is 5.92 Å².